The number of rotatable bonds is 8. The molecule has 0 spiro atoms. The third-order valence-electron chi connectivity index (χ3n) is 3.53. The first-order valence-corrected chi connectivity index (χ1v) is 7.24. The summed E-state index contributed by atoms with van der Waals surface area (Å²) in [6, 6.07) is 1.45. The highest BCUT2D eigenvalue weighted by Gasteiger charge is 2.11. The zero-order chi connectivity index (χ0) is 11.6. The molecule has 0 saturated heterocycles. The fourth-order valence-electron chi connectivity index (χ4n) is 2.48. The first kappa shape index (κ1) is 13.8. The standard InChI is InChI=1S/C15H29N/c1-3-4-5-6-8-11-14(2)16-15-12-9-7-10-13-15/h7,9,14-16H,3-6,8,10-13H2,1-2H3. The Bertz CT molecular complexity index is 186. The molecule has 0 radical (unpaired) electrons. The van der Waals surface area contributed by atoms with Crippen LogP contribution >= 0.6 is 0 Å². The van der Waals surface area contributed by atoms with Crippen molar-refractivity contribution >= 4 is 0 Å². The Balaban J connectivity index is 1.97. The van der Waals surface area contributed by atoms with E-state index in [4.69, 9.17) is 0 Å². The number of hydrogen-bond acceptors (Lipinski definition) is 1. The van der Waals surface area contributed by atoms with Crippen LogP contribution in [0, 0.1) is 0 Å². The van der Waals surface area contributed by atoms with E-state index < -0.39 is 0 Å². The number of unbranched alkanes of at least 4 members (excludes halogenated alkanes) is 4. The van der Waals surface area contributed by atoms with Gasteiger partial charge in [-0.05, 0) is 32.6 Å². The Morgan fingerprint density at radius 2 is 2.00 bits per heavy atom. The second-order valence-electron chi connectivity index (χ2n) is 5.25. The van der Waals surface area contributed by atoms with E-state index in [-0.39, 0.29) is 0 Å². The lowest BCUT2D eigenvalue weighted by Gasteiger charge is -2.24. The van der Waals surface area contributed by atoms with Gasteiger partial charge >= 0.3 is 0 Å². The van der Waals surface area contributed by atoms with Gasteiger partial charge in [0.25, 0.3) is 0 Å². The van der Waals surface area contributed by atoms with Crippen LogP contribution in [0.1, 0.15) is 71.6 Å². The van der Waals surface area contributed by atoms with Gasteiger partial charge in [0, 0.05) is 12.1 Å². The first-order valence-electron chi connectivity index (χ1n) is 7.24. The van der Waals surface area contributed by atoms with E-state index in [1.165, 1.54) is 57.8 Å². The molecule has 0 bridgehead atoms. The maximum Gasteiger partial charge on any atom is 0.0107 e. The maximum atomic E-state index is 3.76. The molecule has 0 aromatic carbocycles. The summed E-state index contributed by atoms with van der Waals surface area (Å²) in [6.07, 6.45) is 16.8. The molecule has 1 aliphatic rings. The highest BCUT2D eigenvalue weighted by molar-refractivity contribution is 4.93. The smallest absolute Gasteiger partial charge is 0.0107 e. The molecule has 0 saturated carbocycles. The van der Waals surface area contributed by atoms with Crippen molar-refractivity contribution in [2.45, 2.75) is 83.7 Å². The van der Waals surface area contributed by atoms with Crippen LogP contribution in [0.5, 0.6) is 0 Å². The highest BCUT2D eigenvalue weighted by atomic mass is 14.9. The van der Waals surface area contributed by atoms with E-state index in [9.17, 15) is 0 Å². The summed E-state index contributed by atoms with van der Waals surface area (Å²) in [4.78, 5) is 0. The van der Waals surface area contributed by atoms with Gasteiger partial charge in [-0.25, -0.2) is 0 Å². The van der Waals surface area contributed by atoms with Crippen LogP contribution in [-0.2, 0) is 0 Å². The molecule has 1 aliphatic carbocycles. The molecule has 0 amide bonds. The molecule has 1 nitrogen and oxygen atoms in total. The largest absolute Gasteiger partial charge is 0.311 e. The molecule has 2 unspecified atom stereocenters. The topological polar surface area (TPSA) is 12.0 Å². The summed E-state index contributed by atoms with van der Waals surface area (Å²) in [5, 5.41) is 3.76. The third kappa shape index (κ3) is 6.32. The Morgan fingerprint density at radius 1 is 1.19 bits per heavy atom. The third-order valence-corrected chi connectivity index (χ3v) is 3.53. The number of allylic oxidation sites excluding steroid dienone is 1. The molecular weight excluding hydrogens is 194 g/mol. The van der Waals surface area contributed by atoms with E-state index in [1.807, 2.05) is 0 Å². The predicted octanol–water partition coefficient (Wildman–Crippen LogP) is 4.43. The lowest BCUT2D eigenvalue weighted by atomic mass is 10.00. The van der Waals surface area contributed by atoms with Crippen molar-refractivity contribution in [3.8, 4) is 0 Å². The minimum absolute atomic E-state index is 0.707. The Kier molecular flexibility index (Phi) is 7.58. The van der Waals surface area contributed by atoms with Crippen molar-refractivity contribution in [2.75, 3.05) is 0 Å². The minimum Gasteiger partial charge on any atom is -0.311 e. The van der Waals surface area contributed by atoms with Gasteiger partial charge in [0.15, 0.2) is 0 Å². The Hall–Kier alpha value is -0.300. The molecule has 0 heterocycles. The van der Waals surface area contributed by atoms with E-state index in [2.05, 4.69) is 31.3 Å². The molecular formula is C15H29N. The molecule has 1 N–H and O–H groups in total. The number of hydrogen-bond donors (Lipinski definition) is 1. The zero-order valence-electron chi connectivity index (χ0n) is 11.2. The molecule has 1 heteroatoms. The Morgan fingerprint density at radius 3 is 2.69 bits per heavy atom. The van der Waals surface area contributed by atoms with Gasteiger partial charge < -0.3 is 5.32 Å². The first-order chi connectivity index (χ1) is 7.83. The van der Waals surface area contributed by atoms with Gasteiger partial charge in [-0.2, -0.15) is 0 Å². The summed E-state index contributed by atoms with van der Waals surface area (Å²) in [6.45, 7) is 4.62. The predicted molar refractivity (Wildman–Crippen MR) is 72.8 cm³/mol. The average Bonchev–Trinajstić information content (AvgIpc) is 2.30. The van der Waals surface area contributed by atoms with Crippen LogP contribution < -0.4 is 5.32 Å². The lowest BCUT2D eigenvalue weighted by molar-refractivity contribution is 0.393. The minimum atomic E-state index is 0.707. The molecule has 0 fully saturated rings. The summed E-state index contributed by atoms with van der Waals surface area (Å²) >= 11 is 0. The second-order valence-corrected chi connectivity index (χ2v) is 5.25. The fourth-order valence-corrected chi connectivity index (χ4v) is 2.48. The lowest BCUT2D eigenvalue weighted by Crippen LogP contribution is -2.36. The van der Waals surface area contributed by atoms with E-state index in [0.29, 0.717) is 6.04 Å². The van der Waals surface area contributed by atoms with Crippen molar-refractivity contribution in [1.29, 1.82) is 0 Å². The van der Waals surface area contributed by atoms with Gasteiger partial charge in [0.1, 0.15) is 0 Å². The molecule has 94 valence electrons. The summed E-state index contributed by atoms with van der Waals surface area (Å²) < 4.78 is 0. The average molecular weight is 223 g/mol. The van der Waals surface area contributed by atoms with E-state index >= 15 is 0 Å². The monoisotopic (exact) mass is 223 g/mol. The van der Waals surface area contributed by atoms with Crippen molar-refractivity contribution < 1.29 is 0 Å². The van der Waals surface area contributed by atoms with Crippen molar-refractivity contribution in [1.82, 2.24) is 5.32 Å². The van der Waals surface area contributed by atoms with Gasteiger partial charge in [-0.1, -0.05) is 51.2 Å². The summed E-state index contributed by atoms with van der Waals surface area (Å²) in [5.41, 5.74) is 0. The van der Waals surface area contributed by atoms with Crippen LogP contribution in [0.4, 0.5) is 0 Å². The maximum absolute atomic E-state index is 3.76. The van der Waals surface area contributed by atoms with Crippen molar-refractivity contribution in [3.05, 3.63) is 12.2 Å². The number of nitrogens with one attached hydrogen (secondary N) is 1. The van der Waals surface area contributed by atoms with Crippen LogP contribution in [-0.4, -0.2) is 12.1 Å². The Labute approximate surface area is 102 Å². The molecule has 0 aliphatic heterocycles. The van der Waals surface area contributed by atoms with Crippen LogP contribution in [0.25, 0.3) is 0 Å². The van der Waals surface area contributed by atoms with Gasteiger partial charge in [-0.3, -0.25) is 0 Å². The van der Waals surface area contributed by atoms with Gasteiger partial charge in [0.05, 0.1) is 0 Å². The van der Waals surface area contributed by atoms with Crippen molar-refractivity contribution in [2.24, 2.45) is 0 Å². The quantitative estimate of drug-likeness (QED) is 0.474. The van der Waals surface area contributed by atoms with Crippen LogP contribution in [0.15, 0.2) is 12.2 Å². The SMILES string of the molecule is CCCCCCCC(C)NC1CC=CCC1. The molecule has 0 aromatic rings. The second kappa shape index (κ2) is 8.81. The van der Waals surface area contributed by atoms with E-state index in [0.717, 1.165) is 6.04 Å². The van der Waals surface area contributed by atoms with Crippen LogP contribution in [0.3, 0.4) is 0 Å². The fraction of sp³-hybridized carbons (Fsp3) is 0.867. The highest BCUT2D eigenvalue weighted by Crippen LogP contribution is 2.13. The van der Waals surface area contributed by atoms with E-state index in [1.54, 1.807) is 0 Å². The summed E-state index contributed by atoms with van der Waals surface area (Å²) in [5.74, 6) is 0. The zero-order valence-corrected chi connectivity index (χ0v) is 11.2. The van der Waals surface area contributed by atoms with Crippen LogP contribution in [0.2, 0.25) is 0 Å². The molecule has 16 heavy (non-hydrogen) atoms. The molecule has 2 atom stereocenters. The van der Waals surface area contributed by atoms with Crippen molar-refractivity contribution in [3.63, 3.8) is 0 Å². The summed E-state index contributed by atoms with van der Waals surface area (Å²) in [7, 11) is 0. The van der Waals surface area contributed by atoms with Gasteiger partial charge in [-0.15, -0.1) is 0 Å². The normalized spacial score (nSPS) is 22.2. The molecule has 1 rings (SSSR count). The molecule has 0 aromatic heterocycles. The van der Waals surface area contributed by atoms with Gasteiger partial charge in [0.2, 0.25) is 0 Å².